The highest BCUT2D eigenvalue weighted by molar-refractivity contribution is 6.38. The largest absolute Gasteiger partial charge is 0.388 e. The highest BCUT2D eigenvalue weighted by atomic mass is 35.5. The first-order valence-electron chi connectivity index (χ1n) is 10.9. The summed E-state index contributed by atoms with van der Waals surface area (Å²) >= 11 is 12.7. The third kappa shape index (κ3) is 6.00. The summed E-state index contributed by atoms with van der Waals surface area (Å²) in [5.41, 5.74) is 0.0281. The van der Waals surface area contributed by atoms with E-state index in [-0.39, 0.29) is 5.15 Å². The van der Waals surface area contributed by atoms with Gasteiger partial charge in [-0.1, -0.05) is 23.2 Å². The summed E-state index contributed by atoms with van der Waals surface area (Å²) in [6.45, 7) is 3.96. The maximum atomic E-state index is 9.67. The van der Waals surface area contributed by atoms with Crippen LogP contribution >= 0.6 is 23.2 Å². The third-order valence-corrected chi connectivity index (χ3v) is 6.29. The third-order valence-electron chi connectivity index (χ3n) is 5.60. The van der Waals surface area contributed by atoms with E-state index in [0.29, 0.717) is 17.6 Å². The number of nitrogens with zero attached hydrogens (tertiary/aromatic N) is 4. The maximum absolute atomic E-state index is 9.67. The fourth-order valence-corrected chi connectivity index (χ4v) is 4.47. The number of benzene rings is 1. The van der Waals surface area contributed by atoms with Crippen molar-refractivity contribution in [2.45, 2.75) is 37.1 Å². The predicted octanol–water partition coefficient (Wildman–Crippen LogP) is 3.04. The minimum Gasteiger partial charge on any atom is -0.388 e. The van der Waals surface area contributed by atoms with Crippen LogP contribution in [0.25, 0.3) is 10.9 Å². The molecule has 2 aromatic heterocycles. The molecule has 0 aliphatic carbocycles. The molecule has 0 atom stereocenters. The Kier molecular flexibility index (Phi) is 7.81. The Morgan fingerprint density at radius 3 is 2.48 bits per heavy atom. The number of ether oxygens (including phenoxy) is 1. The Labute approximate surface area is 205 Å². The van der Waals surface area contributed by atoms with Gasteiger partial charge in [0.25, 0.3) is 0 Å². The number of fused-ring (bicyclic) bond motifs is 1. The summed E-state index contributed by atoms with van der Waals surface area (Å²) in [6.07, 6.45) is 7.70. The number of piperidine rings is 1. The SMILES string of the molecule is C1CCOC1.[B]C([B])(O)n1ncc(Nc2ncc3cc(Cl)c(C4CCNCC4)cc3n2)c1Cl. The van der Waals surface area contributed by atoms with Crippen molar-refractivity contribution in [1.82, 2.24) is 25.1 Å². The van der Waals surface area contributed by atoms with Crippen LogP contribution in [0.3, 0.4) is 0 Å². The molecule has 1 aromatic carbocycles. The van der Waals surface area contributed by atoms with Gasteiger partial charge in [-0.2, -0.15) is 5.10 Å². The molecule has 0 spiro atoms. The maximum Gasteiger partial charge on any atom is 0.227 e. The number of rotatable bonds is 4. The Morgan fingerprint density at radius 1 is 1.15 bits per heavy atom. The van der Waals surface area contributed by atoms with Gasteiger partial charge in [-0.25, -0.2) is 14.6 Å². The summed E-state index contributed by atoms with van der Waals surface area (Å²) < 4.78 is 5.83. The molecule has 3 N–H and O–H groups in total. The first kappa shape index (κ1) is 24.3. The lowest BCUT2D eigenvalue weighted by molar-refractivity contribution is 0.127. The van der Waals surface area contributed by atoms with Crippen molar-refractivity contribution in [2.24, 2.45) is 0 Å². The molecule has 4 radical (unpaired) electrons. The first-order valence-corrected chi connectivity index (χ1v) is 11.6. The second-order valence-corrected chi connectivity index (χ2v) is 8.90. The van der Waals surface area contributed by atoms with Crippen molar-refractivity contribution in [1.29, 1.82) is 0 Å². The molecular formula is C21H24B2Cl2N6O2. The molecule has 2 aliphatic rings. The van der Waals surface area contributed by atoms with Crippen LogP contribution in [0.1, 0.15) is 37.2 Å². The lowest BCUT2D eigenvalue weighted by Crippen LogP contribution is -2.35. The van der Waals surface area contributed by atoms with Gasteiger partial charge in [0.05, 0.1) is 22.9 Å². The zero-order valence-corrected chi connectivity index (χ0v) is 19.6. The van der Waals surface area contributed by atoms with E-state index in [0.717, 1.165) is 65.3 Å². The molecule has 33 heavy (non-hydrogen) atoms. The van der Waals surface area contributed by atoms with Gasteiger partial charge < -0.3 is 20.5 Å². The quantitative estimate of drug-likeness (QED) is 0.490. The average Bonchev–Trinajstić information content (AvgIpc) is 3.48. The molecule has 2 aliphatic heterocycles. The van der Waals surface area contributed by atoms with E-state index >= 15 is 0 Å². The lowest BCUT2D eigenvalue weighted by Gasteiger charge is -2.24. The summed E-state index contributed by atoms with van der Waals surface area (Å²) in [5, 5.41) is 21.5. The number of hydrogen-bond acceptors (Lipinski definition) is 7. The standard InChI is InChI=1S/C17H16B2Cl2N6O.C4H8O/c18-17(19,28)27-15(21)14(8-24-27)26-16-23-7-10-5-12(20)11(6-13(10)25-16)9-1-3-22-4-2-9;1-2-4-5-3-1/h5-9,22,28H,1-4H2,(H,23,25,26);1-4H2. The molecule has 4 heterocycles. The molecule has 12 heteroatoms. The van der Waals surface area contributed by atoms with E-state index < -0.39 is 5.52 Å². The molecule has 0 saturated carbocycles. The topological polar surface area (TPSA) is 97.1 Å². The highest BCUT2D eigenvalue weighted by Crippen LogP contribution is 2.34. The monoisotopic (exact) mass is 484 g/mol. The van der Waals surface area contributed by atoms with Gasteiger partial charge >= 0.3 is 0 Å². The van der Waals surface area contributed by atoms with Gasteiger partial charge in [0.15, 0.2) is 5.15 Å². The van der Waals surface area contributed by atoms with E-state index in [1.54, 1.807) is 6.20 Å². The molecule has 0 unspecified atom stereocenters. The molecule has 8 nitrogen and oxygen atoms in total. The molecule has 5 rings (SSSR count). The van der Waals surface area contributed by atoms with Crippen molar-refractivity contribution in [3.63, 3.8) is 0 Å². The fourth-order valence-electron chi connectivity index (χ4n) is 3.87. The predicted molar refractivity (Wildman–Crippen MR) is 132 cm³/mol. The average molecular weight is 485 g/mol. The number of anilines is 2. The molecular weight excluding hydrogens is 461 g/mol. The van der Waals surface area contributed by atoms with Crippen molar-refractivity contribution in [3.05, 3.63) is 40.3 Å². The molecule has 0 bridgehead atoms. The second-order valence-electron chi connectivity index (χ2n) is 8.14. The Morgan fingerprint density at radius 2 is 1.88 bits per heavy atom. The summed E-state index contributed by atoms with van der Waals surface area (Å²) in [4.78, 5) is 8.85. The van der Waals surface area contributed by atoms with Crippen molar-refractivity contribution < 1.29 is 9.84 Å². The van der Waals surface area contributed by atoms with E-state index in [1.165, 1.54) is 19.0 Å². The van der Waals surface area contributed by atoms with Crippen LogP contribution in [-0.4, -0.2) is 66.9 Å². The normalized spacial score (nSPS) is 17.1. The smallest absolute Gasteiger partial charge is 0.227 e. The number of hydrogen-bond donors (Lipinski definition) is 3. The van der Waals surface area contributed by atoms with E-state index in [1.807, 2.05) is 12.1 Å². The summed E-state index contributed by atoms with van der Waals surface area (Å²) in [7, 11) is 10.8. The van der Waals surface area contributed by atoms with E-state index in [4.69, 9.17) is 43.6 Å². The van der Waals surface area contributed by atoms with Crippen LogP contribution in [0.2, 0.25) is 10.2 Å². The second kappa shape index (κ2) is 10.6. The summed E-state index contributed by atoms with van der Waals surface area (Å²) in [6, 6.07) is 3.91. The molecule has 0 amide bonds. The molecule has 2 saturated heterocycles. The molecule has 3 aromatic rings. The Balaban J connectivity index is 0.000000459. The van der Waals surface area contributed by atoms with Gasteiger partial charge in [0.1, 0.15) is 15.7 Å². The number of aromatic nitrogens is 4. The number of nitrogens with one attached hydrogen (secondary N) is 2. The van der Waals surface area contributed by atoms with Crippen LogP contribution in [-0.2, 0) is 10.3 Å². The minimum atomic E-state index is -2.21. The Bertz CT molecular complexity index is 1090. The van der Waals surface area contributed by atoms with Crippen LogP contribution < -0.4 is 10.6 Å². The van der Waals surface area contributed by atoms with Crippen LogP contribution in [0.15, 0.2) is 24.5 Å². The number of halogens is 2. The van der Waals surface area contributed by atoms with Gasteiger partial charge in [-0.05, 0) is 62.4 Å². The zero-order valence-electron chi connectivity index (χ0n) is 18.1. The minimum absolute atomic E-state index is 0.0303. The fraction of sp³-hybridized carbons (Fsp3) is 0.476. The van der Waals surface area contributed by atoms with Gasteiger partial charge in [0, 0.05) is 29.8 Å². The van der Waals surface area contributed by atoms with E-state index in [9.17, 15) is 5.11 Å². The molecule has 2 fully saturated rings. The van der Waals surface area contributed by atoms with Crippen molar-refractivity contribution >= 4 is 61.4 Å². The van der Waals surface area contributed by atoms with Crippen LogP contribution in [0.4, 0.5) is 11.6 Å². The first-order chi connectivity index (χ1) is 15.8. The lowest BCUT2D eigenvalue weighted by atomic mass is 9.73. The summed E-state index contributed by atoms with van der Waals surface area (Å²) in [5.74, 6) is 0.731. The van der Waals surface area contributed by atoms with Crippen LogP contribution in [0, 0.1) is 0 Å². The van der Waals surface area contributed by atoms with Gasteiger partial charge in [-0.15, -0.1) is 0 Å². The van der Waals surface area contributed by atoms with Gasteiger partial charge in [0.2, 0.25) is 5.95 Å². The van der Waals surface area contributed by atoms with Crippen molar-refractivity contribution in [2.75, 3.05) is 31.6 Å². The van der Waals surface area contributed by atoms with Crippen molar-refractivity contribution in [3.8, 4) is 0 Å². The molecule has 170 valence electrons. The van der Waals surface area contributed by atoms with Gasteiger partial charge in [-0.3, -0.25) is 0 Å². The Hall–Kier alpha value is -1.84. The highest BCUT2D eigenvalue weighted by Gasteiger charge is 2.22. The zero-order chi connectivity index (χ0) is 23.4. The van der Waals surface area contributed by atoms with E-state index in [2.05, 4.69) is 25.7 Å². The van der Waals surface area contributed by atoms with Crippen LogP contribution in [0.5, 0.6) is 0 Å². The number of aliphatic hydroxyl groups is 1.